The van der Waals surface area contributed by atoms with Gasteiger partial charge in [0, 0.05) is 28.4 Å². The van der Waals surface area contributed by atoms with Gasteiger partial charge in [-0.1, -0.05) is 59.1 Å². The van der Waals surface area contributed by atoms with Crippen LogP contribution in [0.4, 0.5) is 0 Å². The van der Waals surface area contributed by atoms with E-state index in [4.69, 9.17) is 23.2 Å². The first-order valence-corrected chi connectivity index (χ1v) is 11.8. The zero-order valence-electron chi connectivity index (χ0n) is 17.7. The molecule has 0 spiro atoms. The molecule has 2 amide bonds. The summed E-state index contributed by atoms with van der Waals surface area (Å²) in [6.45, 7) is 7.98. The molecular formula is C23H28Cl2N2O2S. The second-order valence-electron chi connectivity index (χ2n) is 7.58. The highest BCUT2D eigenvalue weighted by atomic mass is 35.5. The molecule has 0 saturated heterocycles. The Morgan fingerprint density at radius 3 is 2.47 bits per heavy atom. The first kappa shape index (κ1) is 24.6. The van der Waals surface area contributed by atoms with Crippen molar-refractivity contribution in [1.82, 2.24) is 10.2 Å². The van der Waals surface area contributed by atoms with Crippen LogP contribution in [0.2, 0.25) is 10.0 Å². The Bertz CT molecular complexity index is 889. The topological polar surface area (TPSA) is 49.4 Å². The van der Waals surface area contributed by atoms with Gasteiger partial charge in [-0.2, -0.15) is 0 Å². The molecule has 7 heteroatoms. The standard InChI is InChI=1S/C23H28Cl2N2O2S/c1-15(2)26-23(29)17(4)27(12-18-7-5-6-16(3)10-18)22(28)14-30-13-19-8-9-20(24)11-21(19)25/h5-11,15,17H,12-14H2,1-4H3,(H,26,29)/t17-/m1/s1. The van der Waals surface area contributed by atoms with Gasteiger partial charge in [0.05, 0.1) is 5.75 Å². The summed E-state index contributed by atoms with van der Waals surface area (Å²) in [6.07, 6.45) is 0. The average Bonchev–Trinajstić information content (AvgIpc) is 2.66. The van der Waals surface area contributed by atoms with Gasteiger partial charge >= 0.3 is 0 Å². The number of thioether (sulfide) groups is 1. The summed E-state index contributed by atoms with van der Waals surface area (Å²) in [6, 6.07) is 12.8. The van der Waals surface area contributed by atoms with E-state index in [0.717, 1.165) is 16.7 Å². The molecule has 0 aliphatic rings. The van der Waals surface area contributed by atoms with E-state index in [9.17, 15) is 9.59 Å². The number of benzene rings is 2. The second kappa shape index (κ2) is 11.6. The fourth-order valence-corrected chi connectivity index (χ4v) is 4.43. The number of hydrogen-bond donors (Lipinski definition) is 1. The number of carbonyl (C=O) groups excluding carboxylic acids is 2. The highest BCUT2D eigenvalue weighted by Gasteiger charge is 2.26. The van der Waals surface area contributed by atoms with E-state index >= 15 is 0 Å². The van der Waals surface area contributed by atoms with Gasteiger partial charge in [-0.25, -0.2) is 0 Å². The molecule has 1 atom stereocenters. The molecule has 2 rings (SSSR count). The van der Waals surface area contributed by atoms with E-state index in [1.165, 1.54) is 11.8 Å². The van der Waals surface area contributed by atoms with E-state index in [0.29, 0.717) is 22.3 Å². The lowest BCUT2D eigenvalue weighted by atomic mass is 10.1. The van der Waals surface area contributed by atoms with Crippen LogP contribution in [0.5, 0.6) is 0 Å². The first-order valence-electron chi connectivity index (χ1n) is 9.84. The van der Waals surface area contributed by atoms with Crippen molar-refractivity contribution in [3.05, 3.63) is 69.2 Å². The first-order chi connectivity index (χ1) is 14.2. The molecule has 0 aromatic heterocycles. The molecule has 0 heterocycles. The minimum atomic E-state index is -0.569. The molecule has 4 nitrogen and oxygen atoms in total. The van der Waals surface area contributed by atoms with Crippen molar-refractivity contribution in [3.8, 4) is 0 Å². The number of amides is 2. The number of rotatable bonds is 9. The lowest BCUT2D eigenvalue weighted by Gasteiger charge is -2.29. The number of halogens is 2. The molecule has 0 bridgehead atoms. The van der Waals surface area contributed by atoms with Crippen LogP contribution in [0.3, 0.4) is 0 Å². The quantitative estimate of drug-likeness (QED) is 0.532. The predicted molar refractivity (Wildman–Crippen MR) is 127 cm³/mol. The lowest BCUT2D eigenvalue weighted by Crippen LogP contribution is -2.49. The number of aryl methyl sites for hydroxylation is 1. The molecule has 0 unspecified atom stereocenters. The van der Waals surface area contributed by atoms with Crippen LogP contribution in [0, 0.1) is 6.92 Å². The maximum absolute atomic E-state index is 13.1. The SMILES string of the molecule is Cc1cccc(CN(C(=O)CSCc2ccc(Cl)cc2Cl)[C@H](C)C(=O)NC(C)C)c1. The molecule has 2 aromatic rings. The molecule has 162 valence electrons. The highest BCUT2D eigenvalue weighted by molar-refractivity contribution is 7.99. The summed E-state index contributed by atoms with van der Waals surface area (Å²) >= 11 is 13.6. The third kappa shape index (κ3) is 7.53. The minimum absolute atomic E-state index is 0.0114. The lowest BCUT2D eigenvalue weighted by molar-refractivity contribution is -0.138. The van der Waals surface area contributed by atoms with Gasteiger partial charge in [0.25, 0.3) is 0 Å². The van der Waals surface area contributed by atoms with Crippen molar-refractivity contribution in [3.63, 3.8) is 0 Å². The number of nitrogens with one attached hydrogen (secondary N) is 1. The Hall–Kier alpha value is -1.69. The summed E-state index contributed by atoms with van der Waals surface area (Å²) in [7, 11) is 0. The van der Waals surface area contributed by atoms with Gasteiger partial charge in [0.1, 0.15) is 6.04 Å². The monoisotopic (exact) mass is 466 g/mol. The van der Waals surface area contributed by atoms with Gasteiger partial charge in [0.15, 0.2) is 0 Å². The fraction of sp³-hybridized carbons (Fsp3) is 0.391. The Kier molecular flexibility index (Phi) is 9.53. The number of hydrogen-bond acceptors (Lipinski definition) is 3. The highest BCUT2D eigenvalue weighted by Crippen LogP contribution is 2.25. The van der Waals surface area contributed by atoms with Crippen LogP contribution in [0.25, 0.3) is 0 Å². The van der Waals surface area contributed by atoms with Gasteiger partial charge in [-0.3, -0.25) is 9.59 Å². The summed E-state index contributed by atoms with van der Waals surface area (Å²) < 4.78 is 0. The van der Waals surface area contributed by atoms with E-state index in [1.807, 2.05) is 51.1 Å². The maximum Gasteiger partial charge on any atom is 0.242 e. The summed E-state index contributed by atoms with van der Waals surface area (Å²) in [4.78, 5) is 27.3. The summed E-state index contributed by atoms with van der Waals surface area (Å²) in [5.74, 6) is 0.603. The Labute approximate surface area is 193 Å². The Morgan fingerprint density at radius 2 is 1.83 bits per heavy atom. The van der Waals surface area contributed by atoms with Crippen molar-refractivity contribution >= 4 is 46.8 Å². The zero-order valence-corrected chi connectivity index (χ0v) is 20.1. The van der Waals surface area contributed by atoms with E-state index < -0.39 is 6.04 Å². The average molecular weight is 467 g/mol. The second-order valence-corrected chi connectivity index (χ2v) is 9.41. The molecule has 0 aliphatic heterocycles. The van der Waals surface area contributed by atoms with Gasteiger partial charge in [0.2, 0.25) is 11.8 Å². The van der Waals surface area contributed by atoms with Crippen LogP contribution in [-0.2, 0) is 21.9 Å². The smallest absolute Gasteiger partial charge is 0.242 e. The van der Waals surface area contributed by atoms with Crippen LogP contribution >= 0.6 is 35.0 Å². The van der Waals surface area contributed by atoms with Crippen molar-refractivity contribution in [1.29, 1.82) is 0 Å². The third-order valence-electron chi connectivity index (χ3n) is 4.53. The van der Waals surface area contributed by atoms with Crippen LogP contribution < -0.4 is 5.32 Å². The molecular weight excluding hydrogens is 439 g/mol. The molecule has 0 aliphatic carbocycles. The molecule has 30 heavy (non-hydrogen) atoms. The summed E-state index contributed by atoms with van der Waals surface area (Å²) in [5, 5.41) is 4.07. The fourth-order valence-electron chi connectivity index (χ4n) is 2.96. The molecule has 0 saturated carbocycles. The van der Waals surface area contributed by atoms with Gasteiger partial charge in [-0.15, -0.1) is 11.8 Å². The normalized spacial score (nSPS) is 12.0. The van der Waals surface area contributed by atoms with Gasteiger partial charge in [-0.05, 0) is 51.0 Å². The van der Waals surface area contributed by atoms with E-state index in [1.54, 1.807) is 24.0 Å². The van der Waals surface area contributed by atoms with Crippen LogP contribution in [0.15, 0.2) is 42.5 Å². The Balaban J connectivity index is 2.09. The minimum Gasteiger partial charge on any atom is -0.352 e. The van der Waals surface area contributed by atoms with Crippen molar-refractivity contribution < 1.29 is 9.59 Å². The van der Waals surface area contributed by atoms with Gasteiger partial charge < -0.3 is 10.2 Å². The predicted octanol–water partition coefficient (Wildman–Crippen LogP) is 5.48. The largest absolute Gasteiger partial charge is 0.352 e. The van der Waals surface area contributed by atoms with E-state index in [2.05, 4.69) is 5.32 Å². The molecule has 1 N–H and O–H groups in total. The van der Waals surface area contributed by atoms with E-state index in [-0.39, 0.29) is 23.6 Å². The maximum atomic E-state index is 13.1. The molecule has 2 aromatic carbocycles. The van der Waals surface area contributed by atoms with Crippen molar-refractivity contribution in [2.24, 2.45) is 0 Å². The van der Waals surface area contributed by atoms with Crippen LogP contribution in [-0.4, -0.2) is 34.6 Å². The number of nitrogens with zero attached hydrogens (tertiary/aromatic N) is 1. The summed E-state index contributed by atoms with van der Waals surface area (Å²) in [5.41, 5.74) is 3.04. The Morgan fingerprint density at radius 1 is 1.10 bits per heavy atom. The molecule has 0 radical (unpaired) electrons. The van der Waals surface area contributed by atoms with Crippen molar-refractivity contribution in [2.75, 3.05) is 5.75 Å². The third-order valence-corrected chi connectivity index (χ3v) is 6.08. The van der Waals surface area contributed by atoms with Crippen LogP contribution in [0.1, 0.15) is 37.5 Å². The van der Waals surface area contributed by atoms with Crippen molar-refractivity contribution in [2.45, 2.75) is 52.1 Å². The number of carbonyl (C=O) groups is 2. The molecule has 0 fully saturated rings. The zero-order chi connectivity index (χ0) is 22.3.